The minimum Gasteiger partial charge on any atom is -1.00 e. The number of carbonyl (C=O) groups is 1. The van der Waals surface area contributed by atoms with Crippen molar-refractivity contribution in [3.63, 3.8) is 0 Å². The summed E-state index contributed by atoms with van der Waals surface area (Å²) in [5.74, 6) is -1.35. The van der Waals surface area contributed by atoms with Crippen molar-refractivity contribution >= 4 is 5.97 Å². The topological polar surface area (TPSA) is 97.3 Å². The maximum atomic E-state index is 10.0. The Morgan fingerprint density at radius 3 is 2.75 bits per heavy atom. The molecule has 0 aromatic heterocycles. The predicted octanol–water partition coefficient (Wildman–Crippen LogP) is -1.86. The molecule has 2 N–H and O–H groups in total. The Morgan fingerprint density at radius 2 is 2.42 bits per heavy atom. The van der Waals surface area contributed by atoms with Crippen LogP contribution in [0.1, 0.15) is 14.3 Å². The molecule has 1 unspecified atom stereocenters. The van der Waals surface area contributed by atoms with Gasteiger partial charge >= 0.3 is 35.5 Å². The number of hydrogen-bond donors (Lipinski definition) is 2. The molecule has 1 atom stereocenters. The van der Waals surface area contributed by atoms with Crippen LogP contribution in [-0.2, 0) is 4.79 Å². The van der Waals surface area contributed by atoms with Crippen LogP contribution in [0.3, 0.4) is 0 Å². The largest absolute Gasteiger partial charge is 1.00 e. The zero-order valence-electron chi connectivity index (χ0n) is 7.95. The smallest absolute Gasteiger partial charge is 1.00 e. The maximum Gasteiger partial charge on any atom is 1.00 e. The fourth-order valence-corrected chi connectivity index (χ4v) is 0.605. The van der Waals surface area contributed by atoms with Gasteiger partial charge in [0.1, 0.15) is 0 Å². The summed E-state index contributed by atoms with van der Waals surface area (Å²) < 4.78 is 0. The van der Waals surface area contributed by atoms with Crippen molar-refractivity contribution < 1.29 is 40.9 Å². The fourth-order valence-electron chi connectivity index (χ4n) is 0.605. The molecule has 0 heterocycles. The van der Waals surface area contributed by atoms with Gasteiger partial charge < -0.3 is 6.53 Å². The minimum absolute atomic E-state index is 0. The Bertz CT molecular complexity index is 195. The van der Waals surface area contributed by atoms with E-state index in [-0.39, 0.29) is 50.4 Å². The van der Waals surface area contributed by atoms with Crippen LogP contribution in [0.5, 0.6) is 0 Å². The second-order valence-corrected chi connectivity index (χ2v) is 2.10. The Morgan fingerprint density at radius 1 is 1.83 bits per heavy atom. The van der Waals surface area contributed by atoms with Crippen LogP contribution in [-0.4, -0.2) is 17.6 Å². The molecule has 0 rings (SSSR count). The molecular weight excluding hydrogens is 169 g/mol. The van der Waals surface area contributed by atoms with E-state index in [0.717, 1.165) is 0 Å². The van der Waals surface area contributed by atoms with Gasteiger partial charge in [-0.3, -0.25) is 4.79 Å². The van der Waals surface area contributed by atoms with Gasteiger partial charge in [-0.15, -0.1) is 0 Å². The Hall–Kier alpha value is -0.440. The van der Waals surface area contributed by atoms with Crippen molar-refractivity contribution in [2.75, 3.05) is 6.54 Å². The van der Waals surface area contributed by atoms with Crippen molar-refractivity contribution in [3.8, 4) is 6.07 Å². The molecule has 0 radical (unpaired) electrons. The SMILES string of the molecule is N#CC(CCC(=O)O)CN=N.[H-].[Na+]. The zero-order valence-corrected chi connectivity index (χ0v) is 8.95. The molecule has 0 aliphatic rings. The normalized spacial score (nSPS) is 10.6. The summed E-state index contributed by atoms with van der Waals surface area (Å²) in [5, 5.41) is 19.6. The molecule has 0 aliphatic carbocycles. The number of nitriles is 1. The first-order valence-electron chi connectivity index (χ1n) is 3.15. The Kier molecular flexibility index (Phi) is 10.2. The van der Waals surface area contributed by atoms with Gasteiger partial charge in [-0.25, -0.2) is 5.53 Å². The van der Waals surface area contributed by atoms with E-state index in [0.29, 0.717) is 0 Å². The molecule has 0 saturated carbocycles. The first-order chi connectivity index (χ1) is 5.20. The van der Waals surface area contributed by atoms with Crippen molar-refractivity contribution in [2.45, 2.75) is 12.8 Å². The monoisotopic (exact) mass is 179 g/mol. The second kappa shape index (κ2) is 8.65. The minimum atomic E-state index is -0.921. The van der Waals surface area contributed by atoms with E-state index in [2.05, 4.69) is 5.11 Å². The molecule has 0 aromatic rings. The third-order valence-electron chi connectivity index (χ3n) is 1.20. The molecule has 0 saturated heterocycles. The van der Waals surface area contributed by atoms with E-state index in [1.54, 1.807) is 0 Å². The quantitative estimate of drug-likeness (QED) is 0.382. The Balaban J connectivity index is -0.000000500. The standard InChI is InChI=1S/C6H9N3O2.Na.H/c7-3-5(4-9-8)1-2-6(10)11;;/h5,8H,1-2,4H2,(H,10,11);;/q;+1;-1. The van der Waals surface area contributed by atoms with Crippen molar-refractivity contribution in [1.29, 1.82) is 10.8 Å². The van der Waals surface area contributed by atoms with Gasteiger partial charge in [0.2, 0.25) is 0 Å². The average Bonchev–Trinajstić information content (AvgIpc) is 1.97. The summed E-state index contributed by atoms with van der Waals surface area (Å²) in [6, 6.07) is 1.88. The number of hydrogen-bond acceptors (Lipinski definition) is 4. The molecule has 62 valence electrons. The summed E-state index contributed by atoms with van der Waals surface area (Å²) in [6.07, 6.45) is 0.238. The van der Waals surface area contributed by atoms with Crippen molar-refractivity contribution in [1.82, 2.24) is 0 Å². The average molecular weight is 179 g/mol. The van der Waals surface area contributed by atoms with Gasteiger partial charge in [-0.05, 0) is 6.42 Å². The molecule has 0 aliphatic heterocycles. The molecule has 0 bridgehead atoms. The number of nitrogens with zero attached hydrogens (tertiary/aromatic N) is 2. The van der Waals surface area contributed by atoms with E-state index < -0.39 is 11.9 Å². The van der Waals surface area contributed by atoms with Gasteiger partial charge in [-0.1, -0.05) is 0 Å². The fraction of sp³-hybridized carbons (Fsp3) is 0.667. The van der Waals surface area contributed by atoms with E-state index in [4.69, 9.17) is 15.9 Å². The second-order valence-electron chi connectivity index (χ2n) is 2.10. The zero-order chi connectivity index (χ0) is 8.69. The summed E-state index contributed by atoms with van der Waals surface area (Å²) in [5.41, 5.74) is 6.45. The summed E-state index contributed by atoms with van der Waals surface area (Å²) in [7, 11) is 0. The van der Waals surface area contributed by atoms with E-state index in [1.807, 2.05) is 6.07 Å². The van der Waals surface area contributed by atoms with Crippen LogP contribution < -0.4 is 29.6 Å². The molecule has 0 amide bonds. The van der Waals surface area contributed by atoms with Gasteiger partial charge in [0, 0.05) is 6.42 Å². The van der Waals surface area contributed by atoms with E-state index >= 15 is 0 Å². The predicted molar refractivity (Wildman–Crippen MR) is 37.1 cm³/mol. The first kappa shape index (κ1) is 14.1. The van der Waals surface area contributed by atoms with Crippen LogP contribution in [0.2, 0.25) is 0 Å². The molecular formula is C6H10N3NaO2. The molecule has 5 nitrogen and oxygen atoms in total. The number of rotatable bonds is 5. The first-order valence-corrected chi connectivity index (χ1v) is 3.15. The van der Waals surface area contributed by atoms with Crippen LogP contribution in [0.25, 0.3) is 0 Å². The molecule has 12 heavy (non-hydrogen) atoms. The number of nitrogens with one attached hydrogen (secondary N) is 1. The van der Waals surface area contributed by atoms with Gasteiger partial charge in [-0.2, -0.15) is 10.4 Å². The molecule has 6 heteroatoms. The Labute approximate surface area is 94.0 Å². The summed E-state index contributed by atoms with van der Waals surface area (Å²) >= 11 is 0. The van der Waals surface area contributed by atoms with Crippen LogP contribution in [0.15, 0.2) is 5.11 Å². The summed E-state index contributed by atoms with van der Waals surface area (Å²) in [4.78, 5) is 10.0. The van der Waals surface area contributed by atoms with E-state index in [1.165, 1.54) is 0 Å². The number of aliphatic carboxylic acids is 1. The van der Waals surface area contributed by atoms with Crippen LogP contribution in [0, 0.1) is 22.8 Å². The van der Waals surface area contributed by atoms with Gasteiger partial charge in [0.15, 0.2) is 0 Å². The molecule has 0 spiro atoms. The third-order valence-corrected chi connectivity index (χ3v) is 1.20. The number of carboxylic acid groups (broad SMARTS) is 1. The number of carboxylic acids is 1. The molecule has 0 fully saturated rings. The maximum absolute atomic E-state index is 10.0. The van der Waals surface area contributed by atoms with Gasteiger partial charge in [0.05, 0.1) is 18.5 Å². The third kappa shape index (κ3) is 7.66. The van der Waals surface area contributed by atoms with Crippen LogP contribution >= 0.6 is 0 Å². The van der Waals surface area contributed by atoms with Crippen molar-refractivity contribution in [3.05, 3.63) is 0 Å². The molecule has 0 aromatic carbocycles. The van der Waals surface area contributed by atoms with Gasteiger partial charge in [0.25, 0.3) is 0 Å². The van der Waals surface area contributed by atoms with Crippen molar-refractivity contribution in [2.24, 2.45) is 11.0 Å². The van der Waals surface area contributed by atoms with E-state index in [9.17, 15) is 4.79 Å². The summed E-state index contributed by atoms with van der Waals surface area (Å²) in [6.45, 7) is 0.101. The van der Waals surface area contributed by atoms with Crippen LogP contribution in [0.4, 0.5) is 0 Å².